The summed E-state index contributed by atoms with van der Waals surface area (Å²) in [7, 11) is 0. The van der Waals surface area contributed by atoms with Gasteiger partial charge in [0.1, 0.15) is 12.2 Å². The summed E-state index contributed by atoms with van der Waals surface area (Å²) in [5, 5.41) is 11.7. The number of amides is 1. The third kappa shape index (κ3) is 3.57. The lowest BCUT2D eigenvalue weighted by Crippen LogP contribution is -2.20. The summed E-state index contributed by atoms with van der Waals surface area (Å²) < 4.78 is 2.41. The van der Waals surface area contributed by atoms with Crippen molar-refractivity contribution in [1.82, 2.24) is 4.57 Å². The first-order valence-corrected chi connectivity index (χ1v) is 6.58. The second-order valence-electron chi connectivity index (χ2n) is 3.89. The summed E-state index contributed by atoms with van der Waals surface area (Å²) in [5.74, 6) is -1.31. The first kappa shape index (κ1) is 13.6. The Hall–Kier alpha value is -1.83. The van der Waals surface area contributed by atoms with Crippen LogP contribution in [0.15, 0.2) is 42.6 Å². The van der Waals surface area contributed by atoms with Crippen molar-refractivity contribution in [2.45, 2.75) is 6.54 Å². The molecule has 0 aliphatic carbocycles. The average Bonchev–Trinajstić information content (AvgIpc) is 2.76. The van der Waals surface area contributed by atoms with Crippen LogP contribution >= 0.6 is 22.6 Å². The molecule has 5 nitrogen and oxygen atoms in total. The van der Waals surface area contributed by atoms with Gasteiger partial charge in [0, 0.05) is 15.5 Å². The Balaban J connectivity index is 2.05. The van der Waals surface area contributed by atoms with E-state index < -0.39 is 5.97 Å². The SMILES string of the molecule is O=C(Cn1cccc1C(=O)O)Nc1cccc(I)c1. The number of carboxylic acids is 1. The summed E-state index contributed by atoms with van der Waals surface area (Å²) in [6, 6.07) is 10.4. The van der Waals surface area contributed by atoms with E-state index in [0.29, 0.717) is 5.69 Å². The minimum atomic E-state index is -1.05. The highest BCUT2D eigenvalue weighted by Crippen LogP contribution is 2.12. The first-order chi connectivity index (χ1) is 9.06. The van der Waals surface area contributed by atoms with Crippen LogP contribution in [0.25, 0.3) is 0 Å². The lowest BCUT2D eigenvalue weighted by molar-refractivity contribution is -0.116. The van der Waals surface area contributed by atoms with E-state index in [2.05, 4.69) is 27.9 Å². The Morgan fingerprint density at radius 2 is 2.05 bits per heavy atom. The van der Waals surface area contributed by atoms with Gasteiger partial charge in [-0.05, 0) is 52.9 Å². The number of anilines is 1. The maximum atomic E-state index is 11.8. The van der Waals surface area contributed by atoms with Gasteiger partial charge in [-0.1, -0.05) is 6.07 Å². The number of halogens is 1. The molecule has 98 valence electrons. The fourth-order valence-corrected chi connectivity index (χ4v) is 2.21. The number of aromatic carboxylic acids is 1. The van der Waals surface area contributed by atoms with E-state index in [4.69, 9.17) is 5.11 Å². The second-order valence-corrected chi connectivity index (χ2v) is 5.13. The minimum Gasteiger partial charge on any atom is -0.477 e. The lowest BCUT2D eigenvalue weighted by Gasteiger charge is -2.08. The van der Waals surface area contributed by atoms with Gasteiger partial charge in [-0.3, -0.25) is 4.79 Å². The number of nitrogens with zero attached hydrogens (tertiary/aromatic N) is 1. The molecule has 2 aromatic rings. The molecule has 0 unspecified atom stereocenters. The van der Waals surface area contributed by atoms with Crippen LogP contribution in [0.1, 0.15) is 10.5 Å². The second kappa shape index (κ2) is 5.87. The van der Waals surface area contributed by atoms with Crippen molar-refractivity contribution < 1.29 is 14.7 Å². The highest BCUT2D eigenvalue weighted by Gasteiger charge is 2.11. The molecule has 1 heterocycles. The zero-order chi connectivity index (χ0) is 13.8. The van der Waals surface area contributed by atoms with Crippen molar-refractivity contribution in [3.05, 3.63) is 51.9 Å². The molecule has 2 N–H and O–H groups in total. The van der Waals surface area contributed by atoms with Gasteiger partial charge in [-0.25, -0.2) is 4.79 Å². The third-order valence-electron chi connectivity index (χ3n) is 2.47. The predicted octanol–water partition coefficient (Wildman–Crippen LogP) is 2.43. The van der Waals surface area contributed by atoms with E-state index in [1.807, 2.05) is 18.2 Å². The van der Waals surface area contributed by atoms with E-state index in [1.54, 1.807) is 18.3 Å². The van der Waals surface area contributed by atoms with E-state index in [0.717, 1.165) is 3.57 Å². The molecule has 0 aliphatic rings. The Morgan fingerprint density at radius 1 is 1.26 bits per heavy atom. The van der Waals surface area contributed by atoms with Crippen LogP contribution in [0.5, 0.6) is 0 Å². The van der Waals surface area contributed by atoms with Gasteiger partial charge in [-0.2, -0.15) is 0 Å². The third-order valence-corrected chi connectivity index (χ3v) is 3.14. The predicted molar refractivity (Wildman–Crippen MR) is 79.2 cm³/mol. The fraction of sp³-hybridized carbons (Fsp3) is 0.0769. The quantitative estimate of drug-likeness (QED) is 0.813. The number of nitrogens with one attached hydrogen (secondary N) is 1. The number of carbonyl (C=O) groups excluding carboxylic acids is 1. The molecule has 0 atom stereocenters. The molecule has 0 spiro atoms. The van der Waals surface area contributed by atoms with Gasteiger partial charge in [0.05, 0.1) is 0 Å². The maximum absolute atomic E-state index is 11.8. The number of rotatable bonds is 4. The first-order valence-electron chi connectivity index (χ1n) is 5.50. The van der Waals surface area contributed by atoms with Crippen LogP contribution in [-0.4, -0.2) is 21.6 Å². The number of hydrogen-bond acceptors (Lipinski definition) is 2. The summed E-state index contributed by atoms with van der Waals surface area (Å²) in [6.45, 7) is -0.0277. The van der Waals surface area contributed by atoms with Gasteiger partial charge in [0.15, 0.2) is 0 Å². The molecule has 19 heavy (non-hydrogen) atoms. The van der Waals surface area contributed by atoms with Crippen molar-refractivity contribution in [1.29, 1.82) is 0 Å². The zero-order valence-corrected chi connectivity index (χ0v) is 12.0. The number of benzene rings is 1. The van der Waals surface area contributed by atoms with Crippen LogP contribution in [0.2, 0.25) is 0 Å². The molecule has 1 aromatic carbocycles. The van der Waals surface area contributed by atoms with E-state index in [1.165, 1.54) is 10.6 Å². The standard InChI is InChI=1S/C13H11IN2O3/c14-9-3-1-4-10(7-9)15-12(17)8-16-6-2-5-11(16)13(18)19/h1-7H,8H2,(H,15,17)(H,18,19). The molecule has 0 fully saturated rings. The van der Waals surface area contributed by atoms with Crippen molar-refractivity contribution >= 4 is 40.2 Å². The summed E-state index contributed by atoms with van der Waals surface area (Å²) in [4.78, 5) is 22.8. The highest BCUT2D eigenvalue weighted by molar-refractivity contribution is 14.1. The minimum absolute atomic E-state index is 0.0277. The van der Waals surface area contributed by atoms with Gasteiger partial charge in [0.2, 0.25) is 5.91 Å². The van der Waals surface area contributed by atoms with Crippen molar-refractivity contribution in [2.75, 3.05) is 5.32 Å². The molecule has 0 saturated heterocycles. The maximum Gasteiger partial charge on any atom is 0.352 e. The van der Waals surface area contributed by atoms with E-state index >= 15 is 0 Å². The normalized spacial score (nSPS) is 10.2. The van der Waals surface area contributed by atoms with Crippen LogP contribution in [-0.2, 0) is 11.3 Å². The smallest absolute Gasteiger partial charge is 0.352 e. The molecule has 2 rings (SSSR count). The van der Waals surface area contributed by atoms with E-state index in [9.17, 15) is 9.59 Å². The molecular weight excluding hydrogens is 359 g/mol. The Kier molecular flexibility index (Phi) is 4.20. The molecule has 0 aliphatic heterocycles. The van der Waals surface area contributed by atoms with Crippen molar-refractivity contribution in [3.8, 4) is 0 Å². The van der Waals surface area contributed by atoms with Crippen LogP contribution in [0.4, 0.5) is 5.69 Å². The molecule has 6 heteroatoms. The van der Waals surface area contributed by atoms with E-state index in [-0.39, 0.29) is 18.1 Å². The highest BCUT2D eigenvalue weighted by atomic mass is 127. The number of aromatic nitrogens is 1. The number of carboxylic acid groups (broad SMARTS) is 1. The van der Waals surface area contributed by atoms with Crippen LogP contribution in [0.3, 0.4) is 0 Å². The number of carbonyl (C=O) groups is 2. The molecular formula is C13H11IN2O3. The largest absolute Gasteiger partial charge is 0.477 e. The molecule has 0 radical (unpaired) electrons. The summed E-state index contributed by atoms with van der Waals surface area (Å²) in [5.41, 5.74) is 0.790. The van der Waals surface area contributed by atoms with Crippen LogP contribution < -0.4 is 5.32 Å². The van der Waals surface area contributed by atoms with Crippen LogP contribution in [0, 0.1) is 3.57 Å². The van der Waals surface area contributed by atoms with Gasteiger partial charge in [-0.15, -0.1) is 0 Å². The lowest BCUT2D eigenvalue weighted by atomic mass is 10.3. The zero-order valence-electron chi connectivity index (χ0n) is 9.84. The Labute approximate surface area is 123 Å². The molecule has 1 aromatic heterocycles. The molecule has 0 saturated carbocycles. The molecule has 0 bridgehead atoms. The monoisotopic (exact) mass is 370 g/mol. The fourth-order valence-electron chi connectivity index (χ4n) is 1.67. The van der Waals surface area contributed by atoms with Crippen molar-refractivity contribution in [2.24, 2.45) is 0 Å². The van der Waals surface area contributed by atoms with Gasteiger partial charge >= 0.3 is 5.97 Å². The van der Waals surface area contributed by atoms with Crippen molar-refractivity contribution in [3.63, 3.8) is 0 Å². The van der Waals surface area contributed by atoms with Gasteiger partial charge < -0.3 is 15.0 Å². The molecule has 1 amide bonds. The number of hydrogen-bond donors (Lipinski definition) is 2. The average molecular weight is 370 g/mol. The summed E-state index contributed by atoms with van der Waals surface area (Å²) >= 11 is 2.15. The summed E-state index contributed by atoms with van der Waals surface area (Å²) in [6.07, 6.45) is 1.57. The Morgan fingerprint density at radius 3 is 2.74 bits per heavy atom. The topological polar surface area (TPSA) is 71.3 Å². The van der Waals surface area contributed by atoms with Gasteiger partial charge in [0.25, 0.3) is 0 Å². The Bertz CT molecular complexity index is 622.